The van der Waals surface area contributed by atoms with Gasteiger partial charge in [-0.05, 0) is 49.2 Å². The van der Waals surface area contributed by atoms with Crippen LogP contribution in [-0.2, 0) is 4.79 Å². The second-order valence-corrected chi connectivity index (χ2v) is 6.34. The van der Waals surface area contributed by atoms with Gasteiger partial charge in [0.1, 0.15) is 17.5 Å². The van der Waals surface area contributed by atoms with Gasteiger partial charge in [-0.1, -0.05) is 26.0 Å². The van der Waals surface area contributed by atoms with Crippen LogP contribution in [0.3, 0.4) is 0 Å². The van der Waals surface area contributed by atoms with Gasteiger partial charge < -0.3 is 20.1 Å². The number of anilines is 1. The van der Waals surface area contributed by atoms with Crippen molar-refractivity contribution in [2.45, 2.75) is 26.8 Å². The van der Waals surface area contributed by atoms with Gasteiger partial charge in [-0.3, -0.25) is 9.59 Å². The molecule has 0 aliphatic heterocycles. The quantitative estimate of drug-likeness (QED) is 0.746. The number of para-hydroxylation sites is 2. The van der Waals surface area contributed by atoms with Crippen molar-refractivity contribution in [2.75, 3.05) is 19.0 Å². The molecule has 2 amide bonds. The van der Waals surface area contributed by atoms with Gasteiger partial charge >= 0.3 is 0 Å². The minimum atomic E-state index is -0.686. The third-order valence-corrected chi connectivity index (χ3v) is 4.03. The van der Waals surface area contributed by atoms with E-state index in [2.05, 4.69) is 10.6 Å². The van der Waals surface area contributed by atoms with E-state index in [1.807, 2.05) is 32.9 Å². The summed E-state index contributed by atoms with van der Waals surface area (Å²) in [5, 5.41) is 5.66. The Bertz CT molecular complexity index is 772. The zero-order valence-electron chi connectivity index (χ0n) is 16.1. The summed E-state index contributed by atoms with van der Waals surface area (Å²) in [6.45, 7) is 6.14. The van der Waals surface area contributed by atoms with Crippen molar-refractivity contribution in [1.82, 2.24) is 5.32 Å². The van der Waals surface area contributed by atoms with Crippen molar-refractivity contribution in [3.05, 3.63) is 54.1 Å². The predicted molar refractivity (Wildman–Crippen MR) is 105 cm³/mol. The van der Waals surface area contributed by atoms with Gasteiger partial charge in [0, 0.05) is 5.56 Å². The Morgan fingerprint density at radius 3 is 2.30 bits per heavy atom. The molecule has 0 aliphatic carbocycles. The molecule has 2 aromatic rings. The molecule has 0 bridgehead atoms. The molecule has 0 aromatic heterocycles. The van der Waals surface area contributed by atoms with Crippen LogP contribution in [0.15, 0.2) is 48.5 Å². The third kappa shape index (κ3) is 5.48. The average molecular weight is 370 g/mol. The van der Waals surface area contributed by atoms with E-state index in [9.17, 15) is 9.59 Å². The van der Waals surface area contributed by atoms with E-state index in [-0.39, 0.29) is 17.7 Å². The maximum Gasteiger partial charge on any atom is 0.251 e. The molecule has 0 fully saturated rings. The van der Waals surface area contributed by atoms with Crippen LogP contribution in [0.25, 0.3) is 0 Å². The minimum Gasteiger partial charge on any atom is -0.497 e. The number of benzene rings is 2. The van der Waals surface area contributed by atoms with E-state index in [0.717, 1.165) is 0 Å². The van der Waals surface area contributed by atoms with Crippen molar-refractivity contribution in [3.8, 4) is 11.5 Å². The maximum atomic E-state index is 12.8. The van der Waals surface area contributed by atoms with E-state index in [0.29, 0.717) is 29.4 Å². The first-order chi connectivity index (χ1) is 13.0. The summed E-state index contributed by atoms with van der Waals surface area (Å²) in [5.74, 6) is 0.560. The van der Waals surface area contributed by atoms with E-state index in [4.69, 9.17) is 9.47 Å². The highest BCUT2D eigenvalue weighted by Gasteiger charge is 2.25. The van der Waals surface area contributed by atoms with Crippen molar-refractivity contribution in [1.29, 1.82) is 0 Å². The van der Waals surface area contributed by atoms with Crippen LogP contribution in [0, 0.1) is 5.92 Å². The molecule has 0 saturated carbocycles. The molecule has 2 aromatic carbocycles. The lowest BCUT2D eigenvalue weighted by molar-refractivity contribution is -0.118. The lowest BCUT2D eigenvalue weighted by atomic mass is 10.0. The number of hydrogen-bond donors (Lipinski definition) is 2. The van der Waals surface area contributed by atoms with Crippen molar-refractivity contribution in [2.24, 2.45) is 5.92 Å². The van der Waals surface area contributed by atoms with Crippen LogP contribution in [0.2, 0.25) is 0 Å². The zero-order valence-corrected chi connectivity index (χ0v) is 16.1. The maximum absolute atomic E-state index is 12.8. The first-order valence-electron chi connectivity index (χ1n) is 8.93. The molecule has 2 rings (SSSR count). The Kier molecular flexibility index (Phi) is 7.23. The number of nitrogens with one attached hydrogen (secondary N) is 2. The molecule has 1 atom stereocenters. The number of carbonyl (C=O) groups excluding carboxylic acids is 2. The fraction of sp³-hybridized carbons (Fsp3) is 0.333. The number of hydrogen-bond acceptors (Lipinski definition) is 4. The highest BCUT2D eigenvalue weighted by atomic mass is 16.5. The Hall–Kier alpha value is -3.02. The summed E-state index contributed by atoms with van der Waals surface area (Å²) in [6.07, 6.45) is 0. The Morgan fingerprint density at radius 2 is 1.70 bits per heavy atom. The number of rotatable bonds is 8. The fourth-order valence-corrected chi connectivity index (χ4v) is 2.56. The lowest BCUT2D eigenvalue weighted by Gasteiger charge is -2.22. The normalized spacial score (nSPS) is 11.6. The van der Waals surface area contributed by atoms with Gasteiger partial charge in [0.25, 0.3) is 5.91 Å². The molecule has 6 heteroatoms. The molecule has 6 nitrogen and oxygen atoms in total. The monoisotopic (exact) mass is 370 g/mol. The number of carbonyl (C=O) groups is 2. The van der Waals surface area contributed by atoms with Crippen LogP contribution in [0.4, 0.5) is 5.69 Å². The second kappa shape index (κ2) is 9.62. The molecule has 0 saturated heterocycles. The SMILES string of the molecule is CCOc1ccccc1NC(=O)[C@@H](NC(=O)c1ccc(OC)cc1)C(C)C. The summed E-state index contributed by atoms with van der Waals surface area (Å²) in [6, 6.07) is 13.3. The number of ether oxygens (including phenoxy) is 2. The minimum absolute atomic E-state index is 0.0912. The van der Waals surface area contributed by atoms with Gasteiger partial charge in [0.15, 0.2) is 0 Å². The molecule has 0 heterocycles. The standard InChI is InChI=1S/C21H26N2O4/c1-5-27-18-9-7-6-8-17(18)22-21(25)19(14(2)3)23-20(24)15-10-12-16(26-4)13-11-15/h6-14,19H,5H2,1-4H3,(H,22,25)(H,23,24)/t19-/m0/s1. The highest BCUT2D eigenvalue weighted by Crippen LogP contribution is 2.24. The summed E-state index contributed by atoms with van der Waals surface area (Å²) in [5.41, 5.74) is 1.04. The van der Waals surface area contributed by atoms with Crippen LogP contribution in [0.1, 0.15) is 31.1 Å². The average Bonchev–Trinajstić information content (AvgIpc) is 2.67. The molecule has 0 aliphatic rings. The van der Waals surface area contributed by atoms with Gasteiger partial charge in [0.05, 0.1) is 19.4 Å². The molecule has 27 heavy (non-hydrogen) atoms. The van der Waals surface area contributed by atoms with Gasteiger partial charge in [-0.2, -0.15) is 0 Å². The van der Waals surface area contributed by atoms with E-state index >= 15 is 0 Å². The molecular weight excluding hydrogens is 344 g/mol. The van der Waals surface area contributed by atoms with E-state index in [1.165, 1.54) is 0 Å². The summed E-state index contributed by atoms with van der Waals surface area (Å²) in [7, 11) is 1.56. The highest BCUT2D eigenvalue weighted by molar-refractivity contribution is 6.01. The second-order valence-electron chi connectivity index (χ2n) is 6.34. The van der Waals surface area contributed by atoms with Crippen LogP contribution in [0.5, 0.6) is 11.5 Å². The van der Waals surface area contributed by atoms with E-state index < -0.39 is 6.04 Å². The smallest absolute Gasteiger partial charge is 0.251 e. The van der Waals surface area contributed by atoms with Crippen molar-refractivity contribution in [3.63, 3.8) is 0 Å². The third-order valence-electron chi connectivity index (χ3n) is 4.03. The topological polar surface area (TPSA) is 76.7 Å². The van der Waals surface area contributed by atoms with Crippen molar-refractivity contribution >= 4 is 17.5 Å². The molecule has 0 unspecified atom stereocenters. The largest absolute Gasteiger partial charge is 0.497 e. The molecule has 144 valence electrons. The summed E-state index contributed by atoms with van der Waals surface area (Å²) >= 11 is 0. The van der Waals surface area contributed by atoms with Crippen LogP contribution in [-0.4, -0.2) is 31.6 Å². The van der Waals surface area contributed by atoms with Crippen LogP contribution >= 0.6 is 0 Å². The molecule has 0 spiro atoms. The Labute approximate surface area is 159 Å². The van der Waals surface area contributed by atoms with Crippen LogP contribution < -0.4 is 20.1 Å². The number of methoxy groups -OCH3 is 1. The lowest BCUT2D eigenvalue weighted by Crippen LogP contribution is -2.47. The van der Waals surface area contributed by atoms with Gasteiger partial charge in [-0.15, -0.1) is 0 Å². The first-order valence-corrected chi connectivity index (χ1v) is 8.93. The van der Waals surface area contributed by atoms with Gasteiger partial charge in [-0.25, -0.2) is 0 Å². The van der Waals surface area contributed by atoms with Crippen molar-refractivity contribution < 1.29 is 19.1 Å². The van der Waals surface area contributed by atoms with E-state index in [1.54, 1.807) is 43.5 Å². The Balaban J connectivity index is 2.11. The number of amides is 2. The summed E-state index contributed by atoms with van der Waals surface area (Å²) in [4.78, 5) is 25.3. The predicted octanol–water partition coefficient (Wildman–Crippen LogP) is 3.49. The zero-order chi connectivity index (χ0) is 19.8. The van der Waals surface area contributed by atoms with Gasteiger partial charge in [0.2, 0.25) is 5.91 Å². The molecule has 0 radical (unpaired) electrons. The molecular formula is C21H26N2O4. The fourth-order valence-electron chi connectivity index (χ4n) is 2.56. The first kappa shape index (κ1) is 20.3. The summed E-state index contributed by atoms with van der Waals surface area (Å²) < 4.78 is 10.6. The molecule has 2 N–H and O–H groups in total. The Morgan fingerprint density at radius 1 is 1.04 bits per heavy atom.